The fourth-order valence-electron chi connectivity index (χ4n) is 1.96. The summed E-state index contributed by atoms with van der Waals surface area (Å²) >= 11 is 0. The molecule has 0 unspecified atom stereocenters. The number of nitrogens with one attached hydrogen (secondary N) is 1. The van der Waals surface area contributed by atoms with Gasteiger partial charge in [-0.15, -0.1) is 0 Å². The summed E-state index contributed by atoms with van der Waals surface area (Å²) in [5, 5.41) is 2.44. The predicted octanol–water partition coefficient (Wildman–Crippen LogP) is 1.40. The summed E-state index contributed by atoms with van der Waals surface area (Å²) < 4.78 is 6.73. The van der Waals surface area contributed by atoms with Gasteiger partial charge in [-0.3, -0.25) is 14.2 Å². The number of rotatable bonds is 5. The minimum atomic E-state index is -0.588. The second-order valence-electron chi connectivity index (χ2n) is 4.39. The highest BCUT2D eigenvalue weighted by molar-refractivity contribution is 5.87. The average Bonchev–Trinajstić information content (AvgIpc) is 2.47. The van der Waals surface area contributed by atoms with Gasteiger partial charge in [0.2, 0.25) is 5.91 Å². The van der Waals surface area contributed by atoms with E-state index in [1.54, 1.807) is 25.1 Å². The Labute approximate surface area is 126 Å². The van der Waals surface area contributed by atoms with Crippen molar-refractivity contribution in [2.24, 2.45) is 0 Å². The summed E-state index contributed by atoms with van der Waals surface area (Å²) in [7, 11) is 0. The zero-order chi connectivity index (χ0) is 16.1. The zero-order valence-electron chi connectivity index (χ0n) is 12.2. The van der Waals surface area contributed by atoms with Crippen molar-refractivity contribution in [1.29, 1.82) is 0 Å². The summed E-state index contributed by atoms with van der Waals surface area (Å²) in [6, 6.07) is 6.40. The lowest BCUT2D eigenvalue weighted by Gasteiger charge is -2.13. The van der Waals surface area contributed by atoms with Gasteiger partial charge >= 0.3 is 5.69 Å². The van der Waals surface area contributed by atoms with Crippen LogP contribution >= 0.6 is 0 Å². The molecule has 0 bridgehead atoms. The van der Waals surface area contributed by atoms with Gasteiger partial charge in [-0.05, 0) is 25.1 Å². The third-order valence-corrected chi connectivity index (χ3v) is 2.81. The fourth-order valence-corrected chi connectivity index (χ4v) is 1.96. The number of nitrogens with zero attached hydrogens (tertiary/aromatic N) is 2. The molecule has 0 aliphatic rings. The molecule has 1 aromatic carbocycles. The molecule has 0 radical (unpaired) electrons. The van der Waals surface area contributed by atoms with Crippen LogP contribution in [-0.2, 0) is 4.79 Å². The van der Waals surface area contributed by atoms with E-state index in [9.17, 15) is 14.4 Å². The van der Waals surface area contributed by atoms with Crippen molar-refractivity contribution in [3.8, 4) is 11.4 Å². The van der Waals surface area contributed by atoms with E-state index < -0.39 is 5.69 Å². The third-order valence-electron chi connectivity index (χ3n) is 2.81. The minimum absolute atomic E-state index is 0.165. The lowest BCUT2D eigenvalue weighted by Crippen LogP contribution is -2.23. The van der Waals surface area contributed by atoms with Crippen LogP contribution in [-0.4, -0.2) is 28.4 Å². The van der Waals surface area contributed by atoms with E-state index in [1.807, 2.05) is 0 Å². The van der Waals surface area contributed by atoms with Crippen LogP contribution in [0.15, 0.2) is 35.3 Å². The lowest BCUT2D eigenvalue weighted by atomic mass is 10.2. The first-order valence-electron chi connectivity index (χ1n) is 6.65. The van der Waals surface area contributed by atoms with Crippen molar-refractivity contribution < 1.29 is 14.3 Å². The summed E-state index contributed by atoms with van der Waals surface area (Å²) in [4.78, 5) is 38.0. The Balaban J connectivity index is 2.54. The molecule has 0 aliphatic heterocycles. The fraction of sp³-hybridized carbons (Fsp3) is 0.200. The molecule has 0 spiro atoms. The van der Waals surface area contributed by atoms with Gasteiger partial charge in [0.1, 0.15) is 5.82 Å². The van der Waals surface area contributed by atoms with Crippen molar-refractivity contribution in [2.45, 2.75) is 13.8 Å². The Morgan fingerprint density at radius 3 is 2.77 bits per heavy atom. The maximum atomic E-state index is 12.1. The van der Waals surface area contributed by atoms with Crippen molar-refractivity contribution in [2.75, 3.05) is 11.9 Å². The molecule has 0 fully saturated rings. The predicted molar refractivity (Wildman–Crippen MR) is 80.7 cm³/mol. The van der Waals surface area contributed by atoms with E-state index in [1.165, 1.54) is 23.8 Å². The maximum Gasteiger partial charge on any atom is 0.354 e. The molecule has 7 nitrogen and oxygen atoms in total. The monoisotopic (exact) mass is 301 g/mol. The molecule has 114 valence electrons. The van der Waals surface area contributed by atoms with Gasteiger partial charge in [0.25, 0.3) is 0 Å². The number of carbonyl (C=O) groups is 2. The van der Waals surface area contributed by atoms with Crippen molar-refractivity contribution in [1.82, 2.24) is 9.55 Å². The first-order valence-corrected chi connectivity index (χ1v) is 6.65. The van der Waals surface area contributed by atoms with E-state index in [0.29, 0.717) is 29.9 Å². The summed E-state index contributed by atoms with van der Waals surface area (Å²) in [6.07, 6.45) is 2.13. The second kappa shape index (κ2) is 6.66. The van der Waals surface area contributed by atoms with E-state index in [2.05, 4.69) is 10.3 Å². The van der Waals surface area contributed by atoms with Crippen LogP contribution in [0.25, 0.3) is 5.69 Å². The number of ether oxygens (including phenoxy) is 1. The summed E-state index contributed by atoms with van der Waals surface area (Å²) in [6.45, 7) is 3.46. The molecule has 1 heterocycles. The Morgan fingerprint density at radius 2 is 2.18 bits per heavy atom. The van der Waals surface area contributed by atoms with Crippen molar-refractivity contribution in [3.63, 3.8) is 0 Å². The van der Waals surface area contributed by atoms with E-state index >= 15 is 0 Å². The number of para-hydroxylation sites is 1. The molecule has 0 atom stereocenters. The Kier molecular flexibility index (Phi) is 4.67. The number of hydrogen-bond donors (Lipinski definition) is 1. The molecule has 1 N–H and O–H groups in total. The van der Waals surface area contributed by atoms with E-state index in [0.717, 1.165) is 0 Å². The number of aromatic nitrogens is 2. The maximum absolute atomic E-state index is 12.1. The molecule has 1 amide bonds. The second-order valence-corrected chi connectivity index (χ2v) is 4.39. The number of carbonyl (C=O) groups excluding carboxylic acids is 2. The lowest BCUT2D eigenvalue weighted by molar-refractivity contribution is -0.114. The highest BCUT2D eigenvalue weighted by Crippen LogP contribution is 2.25. The Bertz CT molecular complexity index is 768. The van der Waals surface area contributed by atoms with Crippen LogP contribution < -0.4 is 15.7 Å². The molecular weight excluding hydrogens is 286 g/mol. The third kappa shape index (κ3) is 3.20. The van der Waals surface area contributed by atoms with Crippen LogP contribution in [0.1, 0.15) is 24.2 Å². The highest BCUT2D eigenvalue weighted by Gasteiger charge is 2.13. The molecule has 22 heavy (non-hydrogen) atoms. The number of amides is 1. The molecule has 2 rings (SSSR count). The van der Waals surface area contributed by atoms with Gasteiger partial charge in [-0.25, -0.2) is 4.79 Å². The largest absolute Gasteiger partial charge is 0.491 e. The number of hydrogen-bond acceptors (Lipinski definition) is 5. The zero-order valence-corrected chi connectivity index (χ0v) is 12.2. The standard InChI is InChI=1S/C15H15N3O4/c1-3-22-14-11(9-19)5-4-6-12(14)18-8-7-13(16-10(2)20)17-15(18)21/h4-9H,3H2,1-2H3,(H,16,17,20,21). The normalized spacial score (nSPS) is 10.1. The Hall–Kier alpha value is -2.96. The van der Waals surface area contributed by atoms with Gasteiger partial charge in [-0.2, -0.15) is 4.98 Å². The first kappa shape index (κ1) is 15.4. The topological polar surface area (TPSA) is 90.3 Å². The molecule has 1 aromatic heterocycles. The van der Waals surface area contributed by atoms with Crippen LogP contribution in [0.3, 0.4) is 0 Å². The molecular formula is C15H15N3O4. The van der Waals surface area contributed by atoms with Crippen LogP contribution in [0, 0.1) is 0 Å². The quantitative estimate of drug-likeness (QED) is 0.843. The van der Waals surface area contributed by atoms with Gasteiger partial charge < -0.3 is 10.1 Å². The SMILES string of the molecule is CCOc1c(C=O)cccc1-n1ccc(NC(C)=O)nc1=O. The molecule has 2 aromatic rings. The first-order chi connectivity index (χ1) is 10.6. The summed E-state index contributed by atoms with van der Waals surface area (Å²) in [5.74, 6) is 0.164. The van der Waals surface area contributed by atoms with Gasteiger partial charge in [0.05, 0.1) is 17.9 Å². The van der Waals surface area contributed by atoms with Crippen LogP contribution in [0.2, 0.25) is 0 Å². The molecule has 7 heteroatoms. The van der Waals surface area contributed by atoms with Gasteiger partial charge in [0, 0.05) is 13.1 Å². The van der Waals surface area contributed by atoms with Crippen LogP contribution in [0.5, 0.6) is 5.75 Å². The van der Waals surface area contributed by atoms with E-state index in [4.69, 9.17) is 4.74 Å². The van der Waals surface area contributed by atoms with Crippen LogP contribution in [0.4, 0.5) is 5.82 Å². The smallest absolute Gasteiger partial charge is 0.354 e. The van der Waals surface area contributed by atoms with E-state index in [-0.39, 0.29) is 11.7 Å². The average molecular weight is 301 g/mol. The van der Waals surface area contributed by atoms with Crippen molar-refractivity contribution >= 4 is 18.0 Å². The Morgan fingerprint density at radius 1 is 1.41 bits per heavy atom. The summed E-state index contributed by atoms with van der Waals surface area (Å²) in [5.41, 5.74) is 0.172. The van der Waals surface area contributed by atoms with Gasteiger partial charge in [-0.1, -0.05) is 6.07 Å². The molecule has 0 saturated carbocycles. The number of benzene rings is 1. The minimum Gasteiger partial charge on any atom is -0.491 e. The van der Waals surface area contributed by atoms with Crippen molar-refractivity contribution in [3.05, 3.63) is 46.5 Å². The highest BCUT2D eigenvalue weighted by atomic mass is 16.5. The molecule has 0 aliphatic carbocycles. The number of anilines is 1. The number of aldehydes is 1. The molecule has 0 saturated heterocycles. The van der Waals surface area contributed by atoms with Gasteiger partial charge in [0.15, 0.2) is 12.0 Å².